The maximum Gasteiger partial charge on any atom is 0.295 e. The van der Waals surface area contributed by atoms with Crippen molar-refractivity contribution in [3.63, 3.8) is 0 Å². The average Bonchev–Trinajstić information content (AvgIpc) is 3.13. The third kappa shape index (κ3) is 6.09. The Morgan fingerprint density at radius 2 is 1.65 bits per heavy atom. The fraction of sp³-hybridized carbons (Fsp3) is 0.290. The summed E-state index contributed by atoms with van der Waals surface area (Å²) >= 11 is 0. The van der Waals surface area contributed by atoms with Crippen molar-refractivity contribution in [2.45, 2.75) is 32.9 Å². The average molecular weight is 499 g/mol. The molecule has 1 fully saturated rings. The van der Waals surface area contributed by atoms with Gasteiger partial charge in [-0.15, -0.1) is 0 Å². The molecule has 1 amide bonds. The Hall–Kier alpha value is -3.90. The molecule has 3 aromatic rings. The molecule has 0 bridgehead atoms. The molecule has 0 radical (unpaired) electrons. The largest absolute Gasteiger partial charge is 0.507 e. The number of nitrogens with zero attached hydrogens (tertiary/aromatic N) is 2. The Balaban J connectivity index is 1.62. The number of carbonyl (C=O) groups is 2. The smallest absolute Gasteiger partial charge is 0.295 e. The van der Waals surface area contributed by atoms with Gasteiger partial charge in [-0.3, -0.25) is 9.59 Å². The van der Waals surface area contributed by atoms with E-state index in [2.05, 4.69) is 6.07 Å². The summed E-state index contributed by atoms with van der Waals surface area (Å²) in [6.45, 7) is 5.66. The number of carbonyl (C=O) groups excluding carboxylic acids is 2. The minimum atomic E-state index is -0.660. The Morgan fingerprint density at radius 3 is 2.30 bits per heavy atom. The summed E-state index contributed by atoms with van der Waals surface area (Å²) in [4.78, 5) is 29.9. The molecular formula is C31H34N2O4. The van der Waals surface area contributed by atoms with E-state index in [4.69, 9.17) is 4.74 Å². The maximum absolute atomic E-state index is 13.2. The molecule has 0 saturated carbocycles. The minimum Gasteiger partial charge on any atom is -0.507 e. The first kappa shape index (κ1) is 26.2. The van der Waals surface area contributed by atoms with Gasteiger partial charge in [-0.05, 0) is 76.3 Å². The van der Waals surface area contributed by atoms with Gasteiger partial charge < -0.3 is 19.6 Å². The van der Waals surface area contributed by atoms with Crippen molar-refractivity contribution in [3.05, 3.63) is 106 Å². The predicted octanol–water partition coefficient (Wildman–Crippen LogP) is 5.26. The highest BCUT2D eigenvalue weighted by atomic mass is 16.5. The van der Waals surface area contributed by atoms with E-state index in [0.717, 1.165) is 29.7 Å². The van der Waals surface area contributed by atoms with Gasteiger partial charge in [0.2, 0.25) is 0 Å². The maximum atomic E-state index is 13.2. The van der Waals surface area contributed by atoms with Crippen LogP contribution < -0.4 is 4.74 Å². The number of amides is 1. The third-order valence-electron chi connectivity index (χ3n) is 6.55. The third-order valence-corrected chi connectivity index (χ3v) is 6.55. The van der Waals surface area contributed by atoms with Crippen LogP contribution >= 0.6 is 0 Å². The first-order valence-electron chi connectivity index (χ1n) is 12.5. The lowest BCUT2D eigenvalue weighted by Gasteiger charge is -2.26. The van der Waals surface area contributed by atoms with Crippen LogP contribution in [0.15, 0.2) is 78.4 Å². The SMILES string of the molecule is Cc1ccc([C@@H]2C(=C(O)c3ccc(OCc4cccc(C)c4)cc3)C(=O)C(=O)N2CCCN(C)C)cc1. The van der Waals surface area contributed by atoms with Crippen LogP contribution in [0.3, 0.4) is 0 Å². The van der Waals surface area contributed by atoms with Crippen LogP contribution in [-0.4, -0.2) is 53.8 Å². The summed E-state index contributed by atoms with van der Waals surface area (Å²) < 4.78 is 5.90. The first-order chi connectivity index (χ1) is 17.7. The lowest BCUT2D eigenvalue weighted by Crippen LogP contribution is -2.32. The molecule has 1 heterocycles. The summed E-state index contributed by atoms with van der Waals surface area (Å²) in [6.07, 6.45) is 0.718. The van der Waals surface area contributed by atoms with Gasteiger partial charge in [0.15, 0.2) is 0 Å². The van der Waals surface area contributed by atoms with E-state index < -0.39 is 17.7 Å². The quantitative estimate of drug-likeness (QED) is 0.248. The van der Waals surface area contributed by atoms with Crippen molar-refractivity contribution in [1.82, 2.24) is 9.80 Å². The van der Waals surface area contributed by atoms with Gasteiger partial charge in [0, 0.05) is 12.1 Å². The standard InChI is InChI=1S/C31H34N2O4/c1-21-9-11-24(12-10-21)28-27(30(35)31(36)33(28)18-6-17-32(3)4)29(34)25-13-15-26(16-14-25)37-20-23-8-5-7-22(2)19-23/h5,7-16,19,28,34H,6,17-18,20H2,1-4H3/t28-/m1/s1. The predicted molar refractivity (Wildman–Crippen MR) is 145 cm³/mol. The molecule has 0 spiro atoms. The zero-order valence-corrected chi connectivity index (χ0v) is 21.9. The van der Waals surface area contributed by atoms with Crippen molar-refractivity contribution in [2.24, 2.45) is 0 Å². The number of hydrogen-bond acceptors (Lipinski definition) is 5. The highest BCUT2D eigenvalue weighted by Crippen LogP contribution is 2.39. The zero-order chi connectivity index (χ0) is 26.5. The van der Waals surface area contributed by atoms with Crippen molar-refractivity contribution in [3.8, 4) is 5.75 Å². The summed E-state index contributed by atoms with van der Waals surface area (Å²) in [5, 5.41) is 11.3. The van der Waals surface area contributed by atoms with Crippen LogP contribution in [0.1, 0.15) is 40.3 Å². The fourth-order valence-electron chi connectivity index (χ4n) is 4.60. The molecular weight excluding hydrogens is 464 g/mol. The number of ether oxygens (including phenoxy) is 1. The molecule has 1 aliphatic rings. The molecule has 1 saturated heterocycles. The van der Waals surface area contributed by atoms with E-state index in [0.29, 0.717) is 24.5 Å². The number of hydrogen-bond donors (Lipinski definition) is 1. The van der Waals surface area contributed by atoms with Crippen LogP contribution in [-0.2, 0) is 16.2 Å². The number of benzene rings is 3. The van der Waals surface area contributed by atoms with Crippen LogP contribution in [0.4, 0.5) is 0 Å². The highest BCUT2D eigenvalue weighted by molar-refractivity contribution is 6.46. The molecule has 37 heavy (non-hydrogen) atoms. The van der Waals surface area contributed by atoms with Crippen LogP contribution in [0.2, 0.25) is 0 Å². The number of aliphatic hydroxyl groups is 1. The highest BCUT2D eigenvalue weighted by Gasteiger charge is 2.45. The van der Waals surface area contributed by atoms with Gasteiger partial charge in [-0.25, -0.2) is 0 Å². The Morgan fingerprint density at radius 1 is 0.946 bits per heavy atom. The molecule has 1 atom stereocenters. The lowest BCUT2D eigenvalue weighted by atomic mass is 9.94. The summed E-state index contributed by atoms with van der Waals surface area (Å²) in [5.41, 5.74) is 4.70. The van der Waals surface area contributed by atoms with E-state index in [-0.39, 0.29) is 11.3 Å². The van der Waals surface area contributed by atoms with Crippen molar-refractivity contribution >= 4 is 17.4 Å². The molecule has 6 heteroatoms. The van der Waals surface area contributed by atoms with Crippen LogP contribution in [0.5, 0.6) is 5.75 Å². The molecule has 192 valence electrons. The number of likely N-dealkylation sites (tertiary alicyclic amines) is 1. The second kappa shape index (κ2) is 11.4. The van der Waals surface area contributed by atoms with E-state index in [1.54, 1.807) is 29.2 Å². The number of rotatable bonds is 9. The molecule has 3 aromatic carbocycles. The number of aryl methyl sites for hydroxylation is 2. The molecule has 1 aliphatic heterocycles. The van der Waals surface area contributed by atoms with Gasteiger partial charge in [-0.2, -0.15) is 0 Å². The van der Waals surface area contributed by atoms with Crippen molar-refractivity contribution in [1.29, 1.82) is 0 Å². The Kier molecular flexibility index (Phi) is 8.09. The monoisotopic (exact) mass is 498 g/mol. The molecule has 0 aromatic heterocycles. The molecule has 1 N–H and O–H groups in total. The van der Waals surface area contributed by atoms with Gasteiger partial charge in [-0.1, -0.05) is 59.7 Å². The van der Waals surface area contributed by atoms with Gasteiger partial charge in [0.05, 0.1) is 11.6 Å². The molecule has 0 aliphatic carbocycles. The number of ketones is 1. The van der Waals surface area contributed by atoms with Gasteiger partial charge in [0.25, 0.3) is 11.7 Å². The lowest BCUT2D eigenvalue weighted by molar-refractivity contribution is -0.139. The Bertz CT molecular complexity index is 1290. The second-order valence-electron chi connectivity index (χ2n) is 9.86. The number of aliphatic hydroxyl groups excluding tert-OH is 1. The topological polar surface area (TPSA) is 70.1 Å². The van der Waals surface area contributed by atoms with Gasteiger partial charge in [0.1, 0.15) is 18.1 Å². The molecule has 0 unspecified atom stereocenters. The minimum absolute atomic E-state index is 0.118. The van der Waals surface area contributed by atoms with E-state index in [1.165, 1.54) is 5.56 Å². The fourth-order valence-corrected chi connectivity index (χ4v) is 4.60. The normalized spacial score (nSPS) is 17.0. The van der Waals surface area contributed by atoms with Crippen LogP contribution in [0, 0.1) is 13.8 Å². The summed E-state index contributed by atoms with van der Waals surface area (Å²) in [5.74, 6) is -0.766. The van der Waals surface area contributed by atoms with E-state index >= 15 is 0 Å². The molecule has 4 rings (SSSR count). The van der Waals surface area contributed by atoms with E-state index in [1.807, 2.05) is 75.3 Å². The Labute approximate surface area is 218 Å². The van der Waals surface area contributed by atoms with Crippen LogP contribution in [0.25, 0.3) is 5.76 Å². The van der Waals surface area contributed by atoms with E-state index in [9.17, 15) is 14.7 Å². The van der Waals surface area contributed by atoms with Crippen molar-refractivity contribution < 1.29 is 19.4 Å². The molecule has 6 nitrogen and oxygen atoms in total. The second-order valence-corrected chi connectivity index (χ2v) is 9.86. The zero-order valence-electron chi connectivity index (χ0n) is 21.9. The van der Waals surface area contributed by atoms with Crippen molar-refractivity contribution in [2.75, 3.05) is 27.2 Å². The first-order valence-corrected chi connectivity index (χ1v) is 12.5. The summed E-state index contributed by atoms with van der Waals surface area (Å²) in [7, 11) is 3.94. The van der Waals surface area contributed by atoms with Gasteiger partial charge >= 0.3 is 0 Å². The number of Topliss-reactive ketones (excluding diaryl/α,β-unsaturated/α-hetero) is 1. The summed E-state index contributed by atoms with van der Waals surface area (Å²) in [6, 6.07) is 22.2.